The van der Waals surface area contributed by atoms with Crippen molar-refractivity contribution >= 4 is 22.6 Å². The van der Waals surface area contributed by atoms with Gasteiger partial charge < -0.3 is 4.98 Å². The Kier molecular flexibility index (Phi) is 5.28. The van der Waals surface area contributed by atoms with Crippen LogP contribution in [0.15, 0.2) is 47.3 Å². The van der Waals surface area contributed by atoms with Gasteiger partial charge in [-0.25, -0.2) is 4.98 Å². The highest BCUT2D eigenvalue weighted by molar-refractivity contribution is 6.30. The van der Waals surface area contributed by atoms with Crippen LogP contribution in [0.2, 0.25) is 5.02 Å². The summed E-state index contributed by atoms with van der Waals surface area (Å²) in [6.45, 7) is 4.20. The van der Waals surface area contributed by atoms with E-state index in [1.54, 1.807) is 0 Å². The molecular weight excluding hydrogens is 358 g/mol. The zero-order valence-electron chi connectivity index (χ0n) is 15.5. The Bertz CT molecular complexity index is 991. The normalized spacial score (nSPS) is 16.1. The lowest BCUT2D eigenvalue weighted by Crippen LogP contribution is -2.27. The van der Waals surface area contributed by atoms with Crippen LogP contribution in [0.25, 0.3) is 11.0 Å². The van der Waals surface area contributed by atoms with Crippen LogP contribution in [-0.4, -0.2) is 28.0 Å². The monoisotopic (exact) mass is 381 g/mol. The third kappa shape index (κ3) is 3.92. The Labute approximate surface area is 164 Å². The average Bonchev–Trinajstić information content (AvgIpc) is 3.21. The third-order valence-corrected chi connectivity index (χ3v) is 5.68. The van der Waals surface area contributed by atoms with Crippen LogP contribution in [0.1, 0.15) is 42.6 Å². The van der Waals surface area contributed by atoms with E-state index in [0.29, 0.717) is 18.2 Å². The lowest BCUT2D eigenvalue weighted by atomic mass is 9.97. The number of nitrogens with zero attached hydrogens (tertiary/aromatic N) is 2. The molecule has 5 heteroatoms. The number of rotatable bonds is 5. The predicted molar refractivity (Wildman–Crippen MR) is 110 cm³/mol. The summed E-state index contributed by atoms with van der Waals surface area (Å²) in [6, 6.07) is 14.7. The molecular formula is C22H24ClN3O. The minimum absolute atomic E-state index is 0.0871. The first-order valence-corrected chi connectivity index (χ1v) is 10.0. The average molecular weight is 382 g/mol. The van der Waals surface area contributed by atoms with Crippen molar-refractivity contribution in [2.75, 3.05) is 13.1 Å². The van der Waals surface area contributed by atoms with Crippen LogP contribution in [0.3, 0.4) is 0 Å². The minimum Gasteiger partial charge on any atom is -0.319 e. The van der Waals surface area contributed by atoms with Gasteiger partial charge in [0.05, 0.1) is 11.0 Å². The van der Waals surface area contributed by atoms with Crippen molar-refractivity contribution in [3.05, 3.63) is 74.7 Å². The zero-order chi connectivity index (χ0) is 18.8. The number of H-pyrrole nitrogens is 1. The van der Waals surface area contributed by atoms with Crippen LogP contribution < -0.4 is 5.56 Å². The summed E-state index contributed by atoms with van der Waals surface area (Å²) in [7, 11) is 0. The molecule has 1 atom stereocenters. The summed E-state index contributed by atoms with van der Waals surface area (Å²) in [6.07, 6.45) is 4.04. The number of aromatic amines is 1. The van der Waals surface area contributed by atoms with Crippen molar-refractivity contribution in [3.63, 3.8) is 0 Å². The fraction of sp³-hybridized carbons (Fsp3) is 0.364. The molecule has 0 saturated carbocycles. The van der Waals surface area contributed by atoms with Gasteiger partial charge in [-0.05, 0) is 74.2 Å². The molecule has 0 spiro atoms. The second kappa shape index (κ2) is 7.83. The summed E-state index contributed by atoms with van der Waals surface area (Å²) in [5, 5.41) is 0.764. The maximum Gasteiger partial charge on any atom is 0.270 e. The molecule has 1 unspecified atom stereocenters. The molecule has 2 aromatic carbocycles. The van der Waals surface area contributed by atoms with Gasteiger partial charge in [0.2, 0.25) is 0 Å². The number of aryl methyl sites for hydroxylation is 1. The Morgan fingerprint density at radius 2 is 1.89 bits per heavy atom. The second-order valence-electron chi connectivity index (χ2n) is 7.23. The molecule has 0 radical (unpaired) electrons. The van der Waals surface area contributed by atoms with Crippen molar-refractivity contribution in [3.8, 4) is 0 Å². The molecule has 1 aliphatic heterocycles. The molecule has 1 saturated heterocycles. The number of aromatic nitrogens is 2. The first kappa shape index (κ1) is 18.2. The number of halogens is 1. The third-order valence-electron chi connectivity index (χ3n) is 5.43. The first-order chi connectivity index (χ1) is 13.1. The van der Waals surface area contributed by atoms with Gasteiger partial charge in [-0.15, -0.1) is 0 Å². The van der Waals surface area contributed by atoms with Gasteiger partial charge in [0.1, 0.15) is 5.69 Å². The Morgan fingerprint density at radius 3 is 2.59 bits per heavy atom. The van der Waals surface area contributed by atoms with Gasteiger partial charge in [0.15, 0.2) is 0 Å². The topological polar surface area (TPSA) is 49.0 Å². The number of benzene rings is 2. The highest BCUT2D eigenvalue weighted by atomic mass is 35.5. The molecule has 27 heavy (non-hydrogen) atoms. The highest BCUT2D eigenvalue weighted by Gasteiger charge is 2.24. The fourth-order valence-electron chi connectivity index (χ4n) is 3.96. The molecule has 3 aromatic rings. The lowest BCUT2D eigenvalue weighted by Gasteiger charge is -2.28. The molecule has 1 aliphatic rings. The van der Waals surface area contributed by atoms with Crippen molar-refractivity contribution in [2.24, 2.45) is 0 Å². The fourth-order valence-corrected chi connectivity index (χ4v) is 4.08. The van der Waals surface area contributed by atoms with Crippen LogP contribution in [0.4, 0.5) is 0 Å². The van der Waals surface area contributed by atoms with Gasteiger partial charge in [0, 0.05) is 11.1 Å². The highest BCUT2D eigenvalue weighted by Crippen LogP contribution is 2.30. The van der Waals surface area contributed by atoms with Crippen LogP contribution >= 0.6 is 11.6 Å². The molecule has 0 bridgehead atoms. The maximum absolute atomic E-state index is 12.1. The van der Waals surface area contributed by atoms with Gasteiger partial charge in [-0.2, -0.15) is 0 Å². The number of likely N-dealkylation sites (tertiary alicyclic amines) is 1. The SMILES string of the molecule is CCc1nc2ccc(CC(c3ccc(Cl)cc3)N3CCCC3)cc2[nH]c1=O. The molecule has 4 rings (SSSR count). The minimum atomic E-state index is -0.0871. The lowest BCUT2D eigenvalue weighted by molar-refractivity contribution is 0.244. The van der Waals surface area contributed by atoms with Gasteiger partial charge in [0.25, 0.3) is 5.56 Å². The molecule has 4 nitrogen and oxygen atoms in total. The summed E-state index contributed by atoms with van der Waals surface area (Å²) < 4.78 is 0. The Hall–Kier alpha value is -2.17. The smallest absolute Gasteiger partial charge is 0.270 e. The number of hydrogen-bond acceptors (Lipinski definition) is 3. The van der Waals surface area contributed by atoms with Crippen LogP contribution in [0, 0.1) is 0 Å². The Morgan fingerprint density at radius 1 is 1.15 bits per heavy atom. The molecule has 0 amide bonds. The number of hydrogen-bond donors (Lipinski definition) is 1. The van der Waals surface area contributed by atoms with E-state index < -0.39 is 0 Å². The standard InChI is InChI=1S/C22H24ClN3O/c1-2-18-22(27)25-20-13-15(5-10-19(20)24-18)14-21(26-11-3-4-12-26)16-6-8-17(23)9-7-16/h5-10,13,21H,2-4,11-12,14H2,1H3,(H,25,27). The second-order valence-corrected chi connectivity index (χ2v) is 7.67. The summed E-state index contributed by atoms with van der Waals surface area (Å²) >= 11 is 6.09. The van der Waals surface area contributed by atoms with Crippen molar-refractivity contribution in [1.82, 2.24) is 14.9 Å². The summed E-state index contributed by atoms with van der Waals surface area (Å²) in [5.41, 5.74) is 4.65. The predicted octanol–water partition coefficient (Wildman–Crippen LogP) is 4.52. The molecule has 0 aliphatic carbocycles. The van der Waals surface area contributed by atoms with Crippen LogP contribution in [0.5, 0.6) is 0 Å². The van der Waals surface area contributed by atoms with Crippen molar-refractivity contribution in [2.45, 2.75) is 38.6 Å². The zero-order valence-corrected chi connectivity index (χ0v) is 16.3. The molecule has 1 fully saturated rings. The molecule has 2 heterocycles. The van der Waals surface area contributed by atoms with Crippen molar-refractivity contribution < 1.29 is 0 Å². The largest absolute Gasteiger partial charge is 0.319 e. The van der Waals surface area contributed by atoms with E-state index in [2.05, 4.69) is 39.1 Å². The molecule has 140 valence electrons. The summed E-state index contributed by atoms with van der Waals surface area (Å²) in [4.78, 5) is 22.2. The van der Waals surface area contributed by atoms with E-state index in [-0.39, 0.29) is 5.56 Å². The first-order valence-electron chi connectivity index (χ1n) is 9.65. The summed E-state index contributed by atoms with van der Waals surface area (Å²) in [5.74, 6) is 0. The quantitative estimate of drug-likeness (QED) is 0.706. The van der Waals surface area contributed by atoms with E-state index in [1.165, 1.54) is 24.0 Å². The Balaban J connectivity index is 1.67. The van der Waals surface area contributed by atoms with E-state index in [1.807, 2.05) is 25.1 Å². The number of nitrogens with one attached hydrogen (secondary N) is 1. The van der Waals surface area contributed by atoms with Crippen LogP contribution in [-0.2, 0) is 12.8 Å². The molecule has 1 aromatic heterocycles. The van der Waals surface area contributed by atoms with Gasteiger partial charge in [-0.1, -0.05) is 36.7 Å². The van der Waals surface area contributed by atoms with E-state index in [0.717, 1.165) is 35.6 Å². The van der Waals surface area contributed by atoms with E-state index in [9.17, 15) is 4.79 Å². The van der Waals surface area contributed by atoms with Gasteiger partial charge >= 0.3 is 0 Å². The number of fused-ring (bicyclic) bond motifs is 1. The molecule has 1 N–H and O–H groups in total. The van der Waals surface area contributed by atoms with Crippen molar-refractivity contribution in [1.29, 1.82) is 0 Å². The maximum atomic E-state index is 12.1. The van der Waals surface area contributed by atoms with E-state index >= 15 is 0 Å². The van der Waals surface area contributed by atoms with Gasteiger partial charge in [-0.3, -0.25) is 9.69 Å². The van der Waals surface area contributed by atoms with E-state index in [4.69, 9.17) is 11.6 Å².